The molecule has 0 bridgehead atoms. The van der Waals surface area contributed by atoms with Crippen LogP contribution in [-0.2, 0) is 10.4 Å². The molecule has 0 unspecified atom stereocenters. The minimum atomic E-state index is -0.706. The molecule has 3 N–H and O–H groups in total. The molecule has 0 saturated carbocycles. The molecule has 4 heteroatoms. The van der Waals surface area contributed by atoms with E-state index >= 15 is 0 Å². The second-order valence-electron chi connectivity index (χ2n) is 5.39. The lowest BCUT2D eigenvalue weighted by Crippen LogP contribution is -2.39. The Balaban J connectivity index is 1.93. The molecule has 1 aromatic carbocycles. The number of hydrogen-bond donors (Lipinski definition) is 3. The lowest BCUT2D eigenvalue weighted by atomic mass is 9.85. The Labute approximate surface area is 125 Å². The fourth-order valence-electron chi connectivity index (χ4n) is 2.46. The largest absolute Gasteiger partial charge is 0.385 e. The summed E-state index contributed by atoms with van der Waals surface area (Å²) in [6.07, 6.45) is 2.13. The highest BCUT2D eigenvalue weighted by molar-refractivity contribution is 5.72. The van der Waals surface area contributed by atoms with Gasteiger partial charge in [0.25, 0.3) is 0 Å². The zero-order chi connectivity index (χ0) is 15.1. The fraction of sp³-hybridized carbons (Fsp3) is 0.471. The molecule has 1 amide bonds. The van der Waals surface area contributed by atoms with Gasteiger partial charge in [0.15, 0.2) is 0 Å². The van der Waals surface area contributed by atoms with Crippen LogP contribution in [0, 0.1) is 11.8 Å². The molecule has 1 heterocycles. The number of carbonyl (C=O) groups is 1. The standard InChI is InChI=1S/C17H22N2O2/c1-14(20)19-11-3-2-4-15-5-7-16(8-6-15)17(21)9-12-18-13-10-17/h5-8,18,21H,3,9-13H2,1H3,(H,19,20). The van der Waals surface area contributed by atoms with Gasteiger partial charge in [-0.25, -0.2) is 0 Å². The summed E-state index contributed by atoms with van der Waals surface area (Å²) in [5.41, 5.74) is 1.19. The van der Waals surface area contributed by atoms with Gasteiger partial charge in [0.1, 0.15) is 0 Å². The van der Waals surface area contributed by atoms with Crippen LogP contribution < -0.4 is 10.6 Å². The lowest BCUT2D eigenvalue weighted by Gasteiger charge is -2.33. The lowest BCUT2D eigenvalue weighted by molar-refractivity contribution is -0.118. The first-order valence-corrected chi connectivity index (χ1v) is 7.37. The highest BCUT2D eigenvalue weighted by Crippen LogP contribution is 2.30. The van der Waals surface area contributed by atoms with Crippen LogP contribution >= 0.6 is 0 Å². The van der Waals surface area contributed by atoms with Gasteiger partial charge in [-0.15, -0.1) is 0 Å². The minimum Gasteiger partial charge on any atom is -0.385 e. The van der Waals surface area contributed by atoms with E-state index in [-0.39, 0.29) is 5.91 Å². The molecule has 0 radical (unpaired) electrons. The average Bonchev–Trinajstić information content (AvgIpc) is 2.48. The summed E-state index contributed by atoms with van der Waals surface area (Å²) < 4.78 is 0. The van der Waals surface area contributed by atoms with Crippen molar-refractivity contribution in [1.29, 1.82) is 0 Å². The van der Waals surface area contributed by atoms with E-state index in [4.69, 9.17) is 0 Å². The summed E-state index contributed by atoms with van der Waals surface area (Å²) in [5, 5.41) is 16.6. The van der Waals surface area contributed by atoms with Crippen molar-refractivity contribution in [2.45, 2.75) is 31.8 Å². The van der Waals surface area contributed by atoms with E-state index in [2.05, 4.69) is 22.5 Å². The first-order chi connectivity index (χ1) is 10.1. The summed E-state index contributed by atoms with van der Waals surface area (Å²) in [5.74, 6) is 6.06. The predicted molar refractivity (Wildman–Crippen MR) is 82.6 cm³/mol. The maximum atomic E-state index is 10.7. The number of piperidine rings is 1. The van der Waals surface area contributed by atoms with E-state index in [1.54, 1.807) is 0 Å². The van der Waals surface area contributed by atoms with Gasteiger partial charge in [-0.1, -0.05) is 24.0 Å². The van der Waals surface area contributed by atoms with Crippen molar-refractivity contribution in [3.05, 3.63) is 35.4 Å². The molecule has 0 spiro atoms. The van der Waals surface area contributed by atoms with Gasteiger partial charge in [0.2, 0.25) is 5.91 Å². The SMILES string of the molecule is CC(=O)NCCC#Cc1ccc(C2(O)CCNCC2)cc1. The molecule has 0 atom stereocenters. The Hall–Kier alpha value is -1.83. The van der Waals surface area contributed by atoms with Crippen molar-refractivity contribution in [2.75, 3.05) is 19.6 Å². The van der Waals surface area contributed by atoms with Crippen molar-refractivity contribution in [1.82, 2.24) is 10.6 Å². The van der Waals surface area contributed by atoms with Crippen molar-refractivity contribution in [3.63, 3.8) is 0 Å². The van der Waals surface area contributed by atoms with Crippen LogP contribution in [0.4, 0.5) is 0 Å². The summed E-state index contributed by atoms with van der Waals surface area (Å²) in [6.45, 7) is 3.77. The fourth-order valence-corrected chi connectivity index (χ4v) is 2.46. The van der Waals surface area contributed by atoms with Gasteiger partial charge in [-0.05, 0) is 43.6 Å². The highest BCUT2D eigenvalue weighted by Gasteiger charge is 2.30. The zero-order valence-electron chi connectivity index (χ0n) is 12.4. The molecule has 2 rings (SSSR count). The Bertz CT molecular complexity index is 534. The third kappa shape index (κ3) is 4.59. The van der Waals surface area contributed by atoms with E-state index in [9.17, 15) is 9.90 Å². The molecule has 112 valence electrons. The summed E-state index contributed by atoms with van der Waals surface area (Å²) in [7, 11) is 0. The number of nitrogens with one attached hydrogen (secondary N) is 2. The van der Waals surface area contributed by atoms with E-state index in [1.165, 1.54) is 6.92 Å². The number of aliphatic hydroxyl groups is 1. The molecular formula is C17H22N2O2. The Morgan fingerprint density at radius 3 is 2.62 bits per heavy atom. The van der Waals surface area contributed by atoms with Gasteiger partial charge < -0.3 is 15.7 Å². The molecule has 4 nitrogen and oxygen atoms in total. The zero-order valence-corrected chi connectivity index (χ0v) is 12.4. The van der Waals surface area contributed by atoms with Crippen LogP contribution in [0.15, 0.2) is 24.3 Å². The van der Waals surface area contributed by atoms with E-state index < -0.39 is 5.60 Å². The molecule has 1 fully saturated rings. The molecule has 1 aliphatic rings. The quantitative estimate of drug-likeness (QED) is 0.577. The summed E-state index contributed by atoms with van der Waals surface area (Å²) in [6, 6.07) is 7.81. The van der Waals surface area contributed by atoms with E-state index in [0.717, 1.165) is 37.1 Å². The predicted octanol–water partition coefficient (Wildman–Crippen LogP) is 1.14. The van der Waals surface area contributed by atoms with Gasteiger partial charge >= 0.3 is 0 Å². The molecule has 1 aliphatic heterocycles. The van der Waals surface area contributed by atoms with Crippen molar-refractivity contribution in [3.8, 4) is 11.8 Å². The van der Waals surface area contributed by atoms with Crippen LogP contribution in [0.1, 0.15) is 37.3 Å². The first kappa shape index (κ1) is 15.6. The maximum Gasteiger partial charge on any atom is 0.216 e. The third-order valence-corrected chi connectivity index (χ3v) is 3.71. The summed E-state index contributed by atoms with van der Waals surface area (Å²) in [4.78, 5) is 10.7. The van der Waals surface area contributed by atoms with Gasteiger partial charge in [0, 0.05) is 25.5 Å². The van der Waals surface area contributed by atoms with Crippen LogP contribution in [0.25, 0.3) is 0 Å². The Morgan fingerprint density at radius 1 is 1.33 bits per heavy atom. The normalized spacial score (nSPS) is 16.7. The topological polar surface area (TPSA) is 61.4 Å². The van der Waals surface area contributed by atoms with Crippen molar-refractivity contribution in [2.24, 2.45) is 0 Å². The molecule has 1 aromatic rings. The molecular weight excluding hydrogens is 264 g/mol. The van der Waals surface area contributed by atoms with Gasteiger partial charge in [-0.3, -0.25) is 4.79 Å². The molecule has 0 aromatic heterocycles. The van der Waals surface area contributed by atoms with Crippen LogP contribution in [-0.4, -0.2) is 30.6 Å². The molecule has 21 heavy (non-hydrogen) atoms. The Kier molecular flexibility index (Phi) is 5.38. The van der Waals surface area contributed by atoms with E-state index in [1.807, 2.05) is 24.3 Å². The first-order valence-electron chi connectivity index (χ1n) is 7.37. The monoisotopic (exact) mass is 286 g/mol. The van der Waals surface area contributed by atoms with Crippen molar-refractivity contribution < 1.29 is 9.90 Å². The number of benzene rings is 1. The Morgan fingerprint density at radius 2 is 2.00 bits per heavy atom. The van der Waals surface area contributed by atoms with Crippen LogP contribution in [0.2, 0.25) is 0 Å². The average molecular weight is 286 g/mol. The number of hydrogen-bond acceptors (Lipinski definition) is 3. The molecule has 0 aliphatic carbocycles. The minimum absolute atomic E-state index is 0.0311. The number of rotatable bonds is 3. The second kappa shape index (κ2) is 7.26. The van der Waals surface area contributed by atoms with Crippen molar-refractivity contribution >= 4 is 5.91 Å². The van der Waals surface area contributed by atoms with Crippen LogP contribution in [0.5, 0.6) is 0 Å². The maximum absolute atomic E-state index is 10.7. The van der Waals surface area contributed by atoms with Gasteiger partial charge in [-0.2, -0.15) is 0 Å². The van der Waals surface area contributed by atoms with Crippen LogP contribution in [0.3, 0.4) is 0 Å². The van der Waals surface area contributed by atoms with E-state index in [0.29, 0.717) is 13.0 Å². The third-order valence-electron chi connectivity index (χ3n) is 3.71. The number of amides is 1. The number of carbonyl (C=O) groups excluding carboxylic acids is 1. The highest BCUT2D eigenvalue weighted by atomic mass is 16.3. The van der Waals surface area contributed by atoms with Gasteiger partial charge in [0.05, 0.1) is 5.60 Å². The second-order valence-corrected chi connectivity index (χ2v) is 5.39. The smallest absolute Gasteiger partial charge is 0.216 e. The molecule has 1 saturated heterocycles. The summed E-state index contributed by atoms with van der Waals surface area (Å²) >= 11 is 0.